The molecule has 0 bridgehead atoms. The largest absolute Gasteiger partial charge is 0.493 e. The summed E-state index contributed by atoms with van der Waals surface area (Å²) >= 11 is 5.95. The summed E-state index contributed by atoms with van der Waals surface area (Å²) in [6.45, 7) is 3.50. The maximum absolute atomic E-state index is 12.9. The Hall–Kier alpha value is -3.51. The van der Waals surface area contributed by atoms with Gasteiger partial charge in [-0.2, -0.15) is 0 Å². The lowest BCUT2D eigenvalue weighted by molar-refractivity contribution is -0.120. The Balaban J connectivity index is 1.61. The summed E-state index contributed by atoms with van der Waals surface area (Å²) in [4.78, 5) is 25.2. The van der Waals surface area contributed by atoms with Gasteiger partial charge in [-0.05, 0) is 61.9 Å². The van der Waals surface area contributed by atoms with Crippen molar-refractivity contribution in [3.05, 3.63) is 83.4 Å². The van der Waals surface area contributed by atoms with E-state index in [4.69, 9.17) is 21.1 Å². The number of rotatable bonds is 8. The summed E-state index contributed by atoms with van der Waals surface area (Å²) in [5.41, 5.74) is 1.19. The van der Waals surface area contributed by atoms with E-state index in [0.29, 0.717) is 27.9 Å². The molecule has 0 spiro atoms. The summed E-state index contributed by atoms with van der Waals surface area (Å²) < 4.78 is 10.8. The lowest BCUT2D eigenvalue weighted by Crippen LogP contribution is -2.34. The minimum absolute atomic E-state index is 0.178. The van der Waals surface area contributed by atoms with Gasteiger partial charge in [0.25, 0.3) is 5.91 Å². The molecule has 0 aromatic heterocycles. The first-order valence-electron chi connectivity index (χ1n) is 10.0. The van der Waals surface area contributed by atoms with Crippen molar-refractivity contribution in [2.45, 2.75) is 19.3 Å². The topological polar surface area (TPSA) is 76.7 Å². The van der Waals surface area contributed by atoms with Crippen molar-refractivity contribution >= 4 is 34.8 Å². The monoisotopic (exact) mass is 452 g/mol. The van der Waals surface area contributed by atoms with Crippen LogP contribution >= 0.6 is 11.6 Å². The van der Waals surface area contributed by atoms with Crippen molar-refractivity contribution < 1.29 is 19.1 Å². The molecule has 2 amide bonds. The number of hydrogen-bond acceptors (Lipinski definition) is 4. The average Bonchev–Trinajstić information content (AvgIpc) is 2.78. The van der Waals surface area contributed by atoms with E-state index >= 15 is 0 Å². The first-order chi connectivity index (χ1) is 15.3. The molecule has 0 unspecified atom stereocenters. The Morgan fingerprint density at radius 1 is 0.875 bits per heavy atom. The van der Waals surface area contributed by atoms with Crippen LogP contribution in [-0.4, -0.2) is 25.5 Å². The standard InChI is InChI=1S/C25H25ClN2O4/c1-25(2,17-11-13-18(26)14-12-17)24(30)28-20-8-6-7-19(15-20)27-23(29)16-32-22-10-5-4-9-21(22)31-3/h4-15H,16H2,1-3H3,(H,27,29)(H,28,30). The Morgan fingerprint density at radius 2 is 1.50 bits per heavy atom. The molecule has 166 valence electrons. The highest BCUT2D eigenvalue weighted by Gasteiger charge is 2.29. The number of para-hydroxylation sites is 2. The van der Waals surface area contributed by atoms with Crippen molar-refractivity contribution in [1.29, 1.82) is 0 Å². The van der Waals surface area contributed by atoms with Crippen LogP contribution < -0.4 is 20.1 Å². The van der Waals surface area contributed by atoms with Crippen LogP contribution in [0.2, 0.25) is 5.02 Å². The molecule has 0 radical (unpaired) electrons. The zero-order chi connectivity index (χ0) is 23.1. The molecule has 32 heavy (non-hydrogen) atoms. The van der Waals surface area contributed by atoms with Gasteiger partial charge in [-0.3, -0.25) is 9.59 Å². The van der Waals surface area contributed by atoms with Crippen LogP contribution in [0.3, 0.4) is 0 Å². The molecule has 3 aromatic carbocycles. The summed E-state index contributed by atoms with van der Waals surface area (Å²) in [6.07, 6.45) is 0. The maximum atomic E-state index is 12.9. The lowest BCUT2D eigenvalue weighted by Gasteiger charge is -2.24. The fourth-order valence-corrected chi connectivity index (χ4v) is 3.16. The quantitative estimate of drug-likeness (QED) is 0.487. The Labute approximate surface area is 192 Å². The van der Waals surface area contributed by atoms with Crippen molar-refractivity contribution in [2.24, 2.45) is 0 Å². The van der Waals surface area contributed by atoms with E-state index in [1.165, 1.54) is 7.11 Å². The molecular weight excluding hydrogens is 428 g/mol. The minimum Gasteiger partial charge on any atom is -0.493 e. The van der Waals surface area contributed by atoms with Crippen LogP contribution in [0.15, 0.2) is 72.8 Å². The van der Waals surface area contributed by atoms with Crippen LogP contribution in [0.5, 0.6) is 11.5 Å². The number of hydrogen-bond donors (Lipinski definition) is 2. The number of halogens is 1. The second kappa shape index (κ2) is 10.2. The third-order valence-corrected chi connectivity index (χ3v) is 5.22. The van der Waals surface area contributed by atoms with Crippen LogP contribution in [0.4, 0.5) is 11.4 Å². The van der Waals surface area contributed by atoms with E-state index in [1.54, 1.807) is 54.6 Å². The molecule has 6 nitrogen and oxygen atoms in total. The third-order valence-electron chi connectivity index (χ3n) is 4.97. The molecule has 3 rings (SSSR count). The molecule has 0 aliphatic heterocycles. The number of nitrogens with one attached hydrogen (secondary N) is 2. The van der Waals surface area contributed by atoms with Crippen LogP contribution in [0.1, 0.15) is 19.4 Å². The summed E-state index contributed by atoms with van der Waals surface area (Å²) in [5.74, 6) is 0.521. The lowest BCUT2D eigenvalue weighted by atomic mass is 9.83. The molecule has 0 saturated heterocycles. The van der Waals surface area contributed by atoms with Crippen LogP contribution in [-0.2, 0) is 15.0 Å². The number of anilines is 2. The van der Waals surface area contributed by atoms with E-state index < -0.39 is 5.41 Å². The number of carbonyl (C=O) groups is 2. The van der Waals surface area contributed by atoms with E-state index in [-0.39, 0.29) is 18.4 Å². The zero-order valence-corrected chi connectivity index (χ0v) is 18.9. The van der Waals surface area contributed by atoms with E-state index in [9.17, 15) is 9.59 Å². The Kier molecular flexibility index (Phi) is 7.38. The van der Waals surface area contributed by atoms with Gasteiger partial charge in [-0.1, -0.05) is 41.9 Å². The highest BCUT2D eigenvalue weighted by atomic mass is 35.5. The molecule has 0 aliphatic rings. The van der Waals surface area contributed by atoms with Crippen molar-refractivity contribution in [2.75, 3.05) is 24.4 Å². The smallest absolute Gasteiger partial charge is 0.262 e. The maximum Gasteiger partial charge on any atom is 0.262 e. The number of amides is 2. The van der Waals surface area contributed by atoms with Gasteiger partial charge < -0.3 is 20.1 Å². The fourth-order valence-electron chi connectivity index (χ4n) is 3.04. The van der Waals surface area contributed by atoms with Crippen LogP contribution in [0.25, 0.3) is 0 Å². The number of methoxy groups -OCH3 is 1. The van der Waals surface area contributed by atoms with Gasteiger partial charge in [0, 0.05) is 16.4 Å². The zero-order valence-electron chi connectivity index (χ0n) is 18.1. The number of benzene rings is 3. The molecular formula is C25H25ClN2O4. The van der Waals surface area contributed by atoms with Crippen molar-refractivity contribution in [3.8, 4) is 11.5 Å². The van der Waals surface area contributed by atoms with Gasteiger partial charge in [0.1, 0.15) is 0 Å². The van der Waals surface area contributed by atoms with Gasteiger partial charge in [-0.25, -0.2) is 0 Å². The van der Waals surface area contributed by atoms with Crippen molar-refractivity contribution in [3.63, 3.8) is 0 Å². The Bertz CT molecular complexity index is 1100. The average molecular weight is 453 g/mol. The Morgan fingerprint density at radius 3 is 2.16 bits per heavy atom. The van der Waals surface area contributed by atoms with Crippen molar-refractivity contribution in [1.82, 2.24) is 0 Å². The molecule has 3 aromatic rings. The van der Waals surface area contributed by atoms with E-state index in [0.717, 1.165) is 5.56 Å². The molecule has 7 heteroatoms. The highest BCUT2D eigenvalue weighted by molar-refractivity contribution is 6.30. The molecule has 0 heterocycles. The minimum atomic E-state index is -0.771. The summed E-state index contributed by atoms with van der Waals surface area (Å²) in [6, 6.07) is 21.2. The molecule has 0 atom stereocenters. The molecule has 2 N–H and O–H groups in total. The second-order valence-electron chi connectivity index (χ2n) is 7.65. The first kappa shape index (κ1) is 23.2. The predicted molar refractivity (Wildman–Crippen MR) is 127 cm³/mol. The van der Waals surface area contributed by atoms with E-state index in [1.807, 2.05) is 32.0 Å². The third kappa shape index (κ3) is 5.80. The van der Waals surface area contributed by atoms with Gasteiger partial charge in [-0.15, -0.1) is 0 Å². The summed E-state index contributed by atoms with van der Waals surface area (Å²) in [7, 11) is 1.54. The molecule has 0 aliphatic carbocycles. The van der Waals surface area contributed by atoms with Crippen LogP contribution in [0, 0.1) is 0 Å². The fraction of sp³-hybridized carbons (Fsp3) is 0.200. The number of carbonyl (C=O) groups excluding carboxylic acids is 2. The molecule has 0 saturated carbocycles. The van der Waals surface area contributed by atoms with Gasteiger partial charge in [0.2, 0.25) is 5.91 Å². The van der Waals surface area contributed by atoms with E-state index in [2.05, 4.69) is 10.6 Å². The van der Waals surface area contributed by atoms with Gasteiger partial charge >= 0.3 is 0 Å². The predicted octanol–water partition coefficient (Wildman–Crippen LogP) is 5.28. The normalized spacial score (nSPS) is 10.9. The molecule has 0 fully saturated rings. The number of ether oxygens (including phenoxy) is 2. The van der Waals surface area contributed by atoms with Gasteiger partial charge in [0.15, 0.2) is 18.1 Å². The summed E-state index contributed by atoms with van der Waals surface area (Å²) in [5, 5.41) is 6.29. The second-order valence-corrected chi connectivity index (χ2v) is 8.09. The first-order valence-corrected chi connectivity index (χ1v) is 10.4. The van der Waals surface area contributed by atoms with Gasteiger partial charge in [0.05, 0.1) is 12.5 Å². The highest BCUT2D eigenvalue weighted by Crippen LogP contribution is 2.28. The SMILES string of the molecule is COc1ccccc1OCC(=O)Nc1cccc(NC(=O)C(C)(C)c2ccc(Cl)cc2)c1.